The molecule has 3 rings (SSSR count). The normalized spacial score (nSPS) is 19.6. The van der Waals surface area contributed by atoms with Gasteiger partial charge in [-0.2, -0.15) is 0 Å². The quantitative estimate of drug-likeness (QED) is 0.737. The monoisotopic (exact) mass is 396 g/mol. The van der Waals surface area contributed by atoms with Crippen LogP contribution in [0.15, 0.2) is 18.2 Å². The summed E-state index contributed by atoms with van der Waals surface area (Å²) in [5.41, 5.74) is 0.529. The van der Waals surface area contributed by atoms with Crippen LogP contribution in [0.4, 0.5) is 5.69 Å². The second kappa shape index (κ2) is 8.37. The van der Waals surface area contributed by atoms with E-state index in [0.29, 0.717) is 49.2 Å². The van der Waals surface area contributed by atoms with Crippen LogP contribution in [0.2, 0.25) is 0 Å². The van der Waals surface area contributed by atoms with Crippen molar-refractivity contribution in [3.05, 3.63) is 18.2 Å². The molecule has 7 nitrogen and oxygen atoms in total. The Morgan fingerprint density at radius 2 is 2.00 bits per heavy atom. The van der Waals surface area contributed by atoms with Crippen molar-refractivity contribution in [2.45, 2.75) is 32.6 Å². The molecular formula is C19H28N2O5S. The van der Waals surface area contributed by atoms with Crippen LogP contribution in [-0.4, -0.2) is 58.3 Å². The number of likely N-dealkylation sites (tertiary alicyclic amines) is 1. The summed E-state index contributed by atoms with van der Waals surface area (Å²) < 4.78 is 36.9. The fraction of sp³-hybridized carbons (Fsp3) is 0.632. The van der Waals surface area contributed by atoms with Gasteiger partial charge in [0.2, 0.25) is 15.9 Å². The number of rotatable bonds is 6. The molecule has 1 aromatic carbocycles. The largest absolute Gasteiger partial charge is 0.486 e. The molecule has 0 aliphatic carbocycles. The van der Waals surface area contributed by atoms with E-state index in [0.717, 1.165) is 25.9 Å². The number of amides is 1. The van der Waals surface area contributed by atoms with Gasteiger partial charge in [0.15, 0.2) is 11.5 Å². The average Bonchev–Trinajstić information content (AvgIpc) is 2.63. The van der Waals surface area contributed by atoms with Gasteiger partial charge in [0, 0.05) is 32.1 Å². The molecule has 1 amide bonds. The number of fused-ring (bicyclic) bond motifs is 1. The van der Waals surface area contributed by atoms with E-state index in [1.165, 1.54) is 10.6 Å². The van der Waals surface area contributed by atoms with Crippen LogP contribution in [0.25, 0.3) is 0 Å². The third-order valence-electron chi connectivity index (χ3n) is 4.98. The zero-order valence-electron chi connectivity index (χ0n) is 16.0. The van der Waals surface area contributed by atoms with Crippen LogP contribution in [0, 0.1) is 5.92 Å². The van der Waals surface area contributed by atoms with E-state index in [4.69, 9.17) is 9.47 Å². The molecule has 1 saturated heterocycles. The minimum absolute atomic E-state index is 0.108. The first-order valence-electron chi connectivity index (χ1n) is 9.50. The van der Waals surface area contributed by atoms with E-state index in [1.807, 2.05) is 4.90 Å². The molecule has 1 fully saturated rings. The van der Waals surface area contributed by atoms with Crippen molar-refractivity contribution in [2.75, 3.05) is 43.4 Å². The second-order valence-electron chi connectivity index (χ2n) is 7.35. The fourth-order valence-electron chi connectivity index (χ4n) is 3.62. The summed E-state index contributed by atoms with van der Waals surface area (Å²) in [5.74, 6) is 1.81. The van der Waals surface area contributed by atoms with Crippen molar-refractivity contribution in [3.63, 3.8) is 0 Å². The topological polar surface area (TPSA) is 76.2 Å². The van der Waals surface area contributed by atoms with Crippen LogP contribution < -0.4 is 13.8 Å². The molecule has 0 spiro atoms. The van der Waals surface area contributed by atoms with Crippen molar-refractivity contribution >= 4 is 21.6 Å². The van der Waals surface area contributed by atoms with Gasteiger partial charge in [0.05, 0.1) is 11.9 Å². The Hall–Kier alpha value is -1.96. The minimum atomic E-state index is -3.46. The molecule has 1 unspecified atom stereocenters. The smallest absolute Gasteiger partial charge is 0.232 e. The van der Waals surface area contributed by atoms with Crippen LogP contribution in [0.3, 0.4) is 0 Å². The molecule has 0 N–H and O–H groups in total. The van der Waals surface area contributed by atoms with E-state index in [2.05, 4.69) is 6.92 Å². The molecule has 1 atom stereocenters. The van der Waals surface area contributed by atoms with Gasteiger partial charge in [0.1, 0.15) is 13.2 Å². The van der Waals surface area contributed by atoms with Crippen LogP contribution >= 0.6 is 0 Å². The molecule has 2 aliphatic heterocycles. The summed E-state index contributed by atoms with van der Waals surface area (Å²) in [6.07, 6.45) is 4.21. The molecule has 8 heteroatoms. The SMILES string of the molecule is CC1CCCN(C(=O)CCCN(c2ccc3c(c2)OCCO3)S(C)(=O)=O)C1. The summed E-state index contributed by atoms with van der Waals surface area (Å²) >= 11 is 0. The highest BCUT2D eigenvalue weighted by atomic mass is 32.2. The Balaban J connectivity index is 1.63. The number of carbonyl (C=O) groups excluding carboxylic acids is 1. The molecule has 150 valence electrons. The molecule has 0 bridgehead atoms. The van der Waals surface area contributed by atoms with Crippen molar-refractivity contribution in [3.8, 4) is 11.5 Å². The van der Waals surface area contributed by atoms with Crippen molar-refractivity contribution in [1.29, 1.82) is 0 Å². The third-order valence-corrected chi connectivity index (χ3v) is 6.17. The van der Waals surface area contributed by atoms with Crippen molar-refractivity contribution in [1.82, 2.24) is 4.90 Å². The number of anilines is 1. The number of hydrogen-bond acceptors (Lipinski definition) is 5. The molecule has 0 radical (unpaired) electrons. The molecule has 0 saturated carbocycles. The molecular weight excluding hydrogens is 368 g/mol. The highest BCUT2D eigenvalue weighted by Gasteiger charge is 2.23. The number of sulfonamides is 1. The van der Waals surface area contributed by atoms with Gasteiger partial charge in [-0.05, 0) is 37.3 Å². The lowest BCUT2D eigenvalue weighted by atomic mass is 10.00. The lowest BCUT2D eigenvalue weighted by molar-refractivity contribution is -0.132. The Morgan fingerprint density at radius 1 is 1.26 bits per heavy atom. The number of benzene rings is 1. The lowest BCUT2D eigenvalue weighted by Crippen LogP contribution is -2.39. The average molecular weight is 397 g/mol. The first-order valence-corrected chi connectivity index (χ1v) is 11.3. The van der Waals surface area contributed by atoms with Crippen LogP contribution in [-0.2, 0) is 14.8 Å². The van der Waals surface area contributed by atoms with Crippen LogP contribution in [0.5, 0.6) is 11.5 Å². The van der Waals surface area contributed by atoms with Gasteiger partial charge in [-0.15, -0.1) is 0 Å². The molecule has 27 heavy (non-hydrogen) atoms. The summed E-state index contributed by atoms with van der Waals surface area (Å²) in [7, 11) is -3.46. The molecule has 0 aromatic heterocycles. The Kier molecular flexibility index (Phi) is 6.14. The zero-order valence-corrected chi connectivity index (χ0v) is 16.8. The van der Waals surface area contributed by atoms with Gasteiger partial charge in [-0.3, -0.25) is 9.10 Å². The predicted molar refractivity (Wildman–Crippen MR) is 104 cm³/mol. The fourth-order valence-corrected chi connectivity index (χ4v) is 4.58. The Bertz CT molecular complexity index is 780. The maximum Gasteiger partial charge on any atom is 0.232 e. The van der Waals surface area contributed by atoms with Gasteiger partial charge < -0.3 is 14.4 Å². The minimum Gasteiger partial charge on any atom is -0.486 e. The van der Waals surface area contributed by atoms with E-state index < -0.39 is 10.0 Å². The summed E-state index contributed by atoms with van der Waals surface area (Å²) in [6, 6.07) is 5.12. The third kappa shape index (κ3) is 5.06. The Labute approximate surface area is 161 Å². The number of nitrogens with zero attached hydrogens (tertiary/aromatic N) is 2. The summed E-state index contributed by atoms with van der Waals surface area (Å²) in [4.78, 5) is 14.3. The standard InChI is InChI=1S/C19H28N2O5S/c1-15-5-3-9-20(14-15)19(22)6-4-10-21(27(2,23)24)16-7-8-17-18(13-16)26-12-11-25-17/h7-8,13,15H,3-6,9-12,14H2,1-2H3. The lowest BCUT2D eigenvalue weighted by Gasteiger charge is -2.31. The van der Waals surface area contributed by atoms with Crippen molar-refractivity contribution < 1.29 is 22.7 Å². The maximum atomic E-state index is 12.4. The van der Waals surface area contributed by atoms with E-state index in [-0.39, 0.29) is 12.5 Å². The Morgan fingerprint density at radius 3 is 2.70 bits per heavy atom. The molecule has 1 aromatic rings. The predicted octanol–water partition coefficient (Wildman–Crippen LogP) is 2.26. The summed E-state index contributed by atoms with van der Waals surface area (Å²) in [5, 5.41) is 0. The van der Waals surface area contributed by atoms with Gasteiger partial charge in [0.25, 0.3) is 0 Å². The maximum absolute atomic E-state index is 12.4. The van der Waals surface area contributed by atoms with E-state index in [1.54, 1.807) is 18.2 Å². The van der Waals surface area contributed by atoms with Crippen molar-refractivity contribution in [2.24, 2.45) is 5.92 Å². The highest BCUT2D eigenvalue weighted by molar-refractivity contribution is 7.92. The number of ether oxygens (including phenoxy) is 2. The zero-order chi connectivity index (χ0) is 19.4. The highest BCUT2D eigenvalue weighted by Crippen LogP contribution is 2.34. The van der Waals surface area contributed by atoms with E-state index in [9.17, 15) is 13.2 Å². The molecule has 2 heterocycles. The van der Waals surface area contributed by atoms with Gasteiger partial charge >= 0.3 is 0 Å². The van der Waals surface area contributed by atoms with Gasteiger partial charge in [-0.25, -0.2) is 8.42 Å². The van der Waals surface area contributed by atoms with Gasteiger partial charge in [-0.1, -0.05) is 6.92 Å². The number of piperidine rings is 1. The van der Waals surface area contributed by atoms with Crippen LogP contribution in [0.1, 0.15) is 32.6 Å². The van der Waals surface area contributed by atoms with E-state index >= 15 is 0 Å². The number of hydrogen-bond donors (Lipinski definition) is 0. The first-order chi connectivity index (χ1) is 12.8. The number of carbonyl (C=O) groups is 1. The molecule has 2 aliphatic rings. The second-order valence-corrected chi connectivity index (χ2v) is 9.26. The first kappa shape index (κ1) is 19.8. The summed E-state index contributed by atoms with van der Waals surface area (Å²) in [6.45, 7) is 4.95.